The van der Waals surface area contributed by atoms with Gasteiger partial charge in [-0.3, -0.25) is 0 Å². The second-order valence-electron chi connectivity index (χ2n) is 5.92. The van der Waals surface area contributed by atoms with Crippen LogP contribution in [0.15, 0.2) is 30.3 Å². The molecule has 0 spiro atoms. The molecule has 114 valence electrons. The molecule has 1 N–H and O–H groups in total. The fraction of sp³-hybridized carbons (Fsp3) is 0.500. The summed E-state index contributed by atoms with van der Waals surface area (Å²) in [6.45, 7) is 9.85. The molecular weight excluding hydrogens is 276 g/mol. The number of benzene rings is 1. The summed E-state index contributed by atoms with van der Waals surface area (Å²) in [5.74, 6) is 0.486. The van der Waals surface area contributed by atoms with Crippen LogP contribution in [-0.2, 0) is 13.0 Å². The molecule has 2 nitrogen and oxygen atoms in total. The van der Waals surface area contributed by atoms with Crippen molar-refractivity contribution in [3.8, 4) is 0 Å². The molecule has 0 fully saturated rings. The highest BCUT2D eigenvalue weighted by molar-refractivity contribution is 7.11. The van der Waals surface area contributed by atoms with Crippen LogP contribution >= 0.6 is 11.3 Å². The Morgan fingerprint density at radius 1 is 1.14 bits per heavy atom. The zero-order valence-electron chi connectivity index (χ0n) is 13.5. The van der Waals surface area contributed by atoms with Gasteiger partial charge in [-0.15, -0.1) is 11.3 Å². The lowest BCUT2D eigenvalue weighted by Gasteiger charge is -2.11. The van der Waals surface area contributed by atoms with Crippen molar-refractivity contribution in [1.82, 2.24) is 10.3 Å². The Morgan fingerprint density at radius 3 is 2.48 bits per heavy atom. The fourth-order valence-electron chi connectivity index (χ4n) is 2.25. The zero-order chi connectivity index (χ0) is 15.2. The van der Waals surface area contributed by atoms with Crippen LogP contribution in [0, 0.1) is 0 Å². The number of aromatic nitrogens is 1. The Labute approximate surface area is 132 Å². The molecule has 0 aliphatic heterocycles. The minimum absolute atomic E-state index is 0.486. The maximum atomic E-state index is 4.89. The molecule has 1 aromatic heterocycles. The number of rotatable bonds is 7. The summed E-state index contributed by atoms with van der Waals surface area (Å²) in [5, 5.41) is 4.82. The van der Waals surface area contributed by atoms with Gasteiger partial charge < -0.3 is 5.32 Å². The monoisotopic (exact) mass is 302 g/mol. The van der Waals surface area contributed by atoms with Crippen molar-refractivity contribution >= 4 is 11.3 Å². The van der Waals surface area contributed by atoms with E-state index < -0.39 is 0 Å². The molecule has 21 heavy (non-hydrogen) atoms. The SMILES string of the molecule is CCC(C)NCc1sc(Cc2ccccc2)nc1C(C)C. The maximum absolute atomic E-state index is 4.89. The predicted molar refractivity (Wildman–Crippen MR) is 92.0 cm³/mol. The molecule has 2 aromatic rings. The van der Waals surface area contributed by atoms with Gasteiger partial charge in [0.2, 0.25) is 0 Å². The van der Waals surface area contributed by atoms with E-state index in [0.29, 0.717) is 12.0 Å². The summed E-state index contributed by atoms with van der Waals surface area (Å²) in [4.78, 5) is 6.29. The van der Waals surface area contributed by atoms with E-state index >= 15 is 0 Å². The first-order valence-electron chi connectivity index (χ1n) is 7.86. The predicted octanol–water partition coefficient (Wildman–Crippen LogP) is 4.75. The maximum Gasteiger partial charge on any atom is 0.0975 e. The van der Waals surface area contributed by atoms with Crippen LogP contribution in [-0.4, -0.2) is 11.0 Å². The molecule has 0 amide bonds. The van der Waals surface area contributed by atoms with Gasteiger partial charge in [-0.05, 0) is 24.8 Å². The van der Waals surface area contributed by atoms with Crippen LogP contribution in [0.5, 0.6) is 0 Å². The van der Waals surface area contributed by atoms with E-state index in [2.05, 4.69) is 63.3 Å². The van der Waals surface area contributed by atoms with Crippen LogP contribution in [0.25, 0.3) is 0 Å². The average Bonchev–Trinajstić information content (AvgIpc) is 2.89. The van der Waals surface area contributed by atoms with Crippen molar-refractivity contribution in [3.63, 3.8) is 0 Å². The van der Waals surface area contributed by atoms with Crippen molar-refractivity contribution in [2.45, 2.75) is 59.0 Å². The highest BCUT2D eigenvalue weighted by Crippen LogP contribution is 2.26. The lowest BCUT2D eigenvalue weighted by molar-refractivity contribution is 0.534. The molecule has 2 rings (SSSR count). The fourth-order valence-corrected chi connectivity index (χ4v) is 3.46. The first kappa shape index (κ1) is 16.2. The van der Waals surface area contributed by atoms with Crippen LogP contribution in [0.1, 0.15) is 61.2 Å². The van der Waals surface area contributed by atoms with E-state index in [4.69, 9.17) is 4.98 Å². The second kappa shape index (κ2) is 7.71. The van der Waals surface area contributed by atoms with Gasteiger partial charge in [0.1, 0.15) is 0 Å². The minimum Gasteiger partial charge on any atom is -0.309 e. The van der Waals surface area contributed by atoms with Gasteiger partial charge in [0, 0.05) is 23.9 Å². The topological polar surface area (TPSA) is 24.9 Å². The number of hydrogen-bond acceptors (Lipinski definition) is 3. The zero-order valence-corrected chi connectivity index (χ0v) is 14.3. The minimum atomic E-state index is 0.486. The van der Waals surface area contributed by atoms with Crippen molar-refractivity contribution in [2.75, 3.05) is 0 Å². The number of nitrogens with zero attached hydrogens (tertiary/aromatic N) is 1. The molecule has 0 aliphatic carbocycles. The number of nitrogens with one attached hydrogen (secondary N) is 1. The Hall–Kier alpha value is -1.19. The van der Waals surface area contributed by atoms with Gasteiger partial charge in [0.15, 0.2) is 0 Å². The lowest BCUT2D eigenvalue weighted by Crippen LogP contribution is -2.24. The first-order valence-corrected chi connectivity index (χ1v) is 8.67. The van der Waals surface area contributed by atoms with Gasteiger partial charge in [0.25, 0.3) is 0 Å². The van der Waals surface area contributed by atoms with E-state index in [1.54, 1.807) is 0 Å². The molecular formula is C18H26N2S. The van der Waals surface area contributed by atoms with Crippen LogP contribution in [0.4, 0.5) is 0 Å². The Kier molecular flexibility index (Phi) is 5.95. The van der Waals surface area contributed by atoms with Gasteiger partial charge in [0.05, 0.1) is 10.7 Å². The van der Waals surface area contributed by atoms with E-state index in [9.17, 15) is 0 Å². The van der Waals surface area contributed by atoms with E-state index in [1.807, 2.05) is 11.3 Å². The Morgan fingerprint density at radius 2 is 1.86 bits per heavy atom. The molecule has 0 radical (unpaired) electrons. The number of thiazole rings is 1. The summed E-state index contributed by atoms with van der Waals surface area (Å²) < 4.78 is 0. The van der Waals surface area contributed by atoms with Gasteiger partial charge in [-0.25, -0.2) is 4.98 Å². The van der Waals surface area contributed by atoms with Gasteiger partial charge in [-0.2, -0.15) is 0 Å². The van der Waals surface area contributed by atoms with Crippen LogP contribution < -0.4 is 5.32 Å². The normalized spacial score (nSPS) is 12.8. The molecule has 3 heteroatoms. The summed E-state index contributed by atoms with van der Waals surface area (Å²) in [5.41, 5.74) is 2.60. The molecule has 0 saturated heterocycles. The Balaban J connectivity index is 2.13. The average molecular weight is 302 g/mol. The van der Waals surface area contributed by atoms with Gasteiger partial charge in [-0.1, -0.05) is 51.1 Å². The van der Waals surface area contributed by atoms with Crippen LogP contribution in [0.2, 0.25) is 0 Å². The van der Waals surface area contributed by atoms with Crippen molar-refractivity contribution < 1.29 is 0 Å². The third-order valence-electron chi connectivity index (χ3n) is 3.74. The van der Waals surface area contributed by atoms with Gasteiger partial charge >= 0.3 is 0 Å². The van der Waals surface area contributed by atoms with Crippen molar-refractivity contribution in [1.29, 1.82) is 0 Å². The van der Waals surface area contributed by atoms with Crippen molar-refractivity contribution in [3.05, 3.63) is 51.5 Å². The second-order valence-corrected chi connectivity index (χ2v) is 7.09. The summed E-state index contributed by atoms with van der Waals surface area (Å²) in [6.07, 6.45) is 2.10. The summed E-state index contributed by atoms with van der Waals surface area (Å²) in [7, 11) is 0. The smallest absolute Gasteiger partial charge is 0.0975 e. The molecule has 1 unspecified atom stereocenters. The molecule has 0 aliphatic rings. The quantitative estimate of drug-likeness (QED) is 0.798. The Bertz CT molecular complexity index is 546. The third kappa shape index (κ3) is 4.65. The molecule has 0 saturated carbocycles. The molecule has 1 atom stereocenters. The van der Waals surface area contributed by atoms with Crippen molar-refractivity contribution in [2.24, 2.45) is 0 Å². The summed E-state index contributed by atoms with van der Waals surface area (Å²) in [6, 6.07) is 11.2. The van der Waals surface area contributed by atoms with E-state index in [-0.39, 0.29) is 0 Å². The lowest BCUT2D eigenvalue weighted by atomic mass is 10.1. The van der Waals surface area contributed by atoms with E-state index in [1.165, 1.54) is 21.1 Å². The molecule has 1 aromatic carbocycles. The third-order valence-corrected chi connectivity index (χ3v) is 4.81. The highest BCUT2D eigenvalue weighted by Gasteiger charge is 2.14. The summed E-state index contributed by atoms with van der Waals surface area (Å²) >= 11 is 1.86. The molecule has 1 heterocycles. The highest BCUT2D eigenvalue weighted by atomic mass is 32.1. The largest absolute Gasteiger partial charge is 0.309 e. The molecule has 0 bridgehead atoms. The first-order chi connectivity index (χ1) is 10.1. The van der Waals surface area contributed by atoms with Crippen LogP contribution in [0.3, 0.4) is 0 Å². The number of hydrogen-bond donors (Lipinski definition) is 1. The van der Waals surface area contributed by atoms with E-state index in [0.717, 1.165) is 19.4 Å². The standard InChI is InChI=1S/C18H26N2S/c1-5-14(4)19-12-16-18(13(2)3)20-17(21-16)11-15-9-7-6-8-10-15/h6-10,13-14,19H,5,11-12H2,1-4H3.